The Morgan fingerprint density at radius 1 is 0.688 bits per heavy atom. The van der Waals surface area contributed by atoms with Gasteiger partial charge in [-0.25, -0.2) is 13.1 Å². The van der Waals surface area contributed by atoms with Crippen LogP contribution in [0.25, 0.3) is 33.4 Å². The summed E-state index contributed by atoms with van der Waals surface area (Å²) in [4.78, 5) is 4.94. The zero-order chi connectivity index (χ0) is 44.5. The average Bonchev–Trinajstić information content (AvgIpc) is 3.32. The highest BCUT2D eigenvalue weighted by molar-refractivity contribution is 7.99. The van der Waals surface area contributed by atoms with Crippen molar-refractivity contribution in [1.29, 1.82) is 0 Å². The van der Waals surface area contributed by atoms with Crippen LogP contribution in [0, 0.1) is 19.8 Å². The van der Waals surface area contributed by atoms with Gasteiger partial charge in [0.2, 0.25) is 21.1 Å². The molecule has 0 amide bonds. The van der Waals surface area contributed by atoms with Crippen LogP contribution in [0.2, 0.25) is 0 Å². The molecule has 0 fully saturated rings. The average molecular weight is 903 g/mol. The monoisotopic (exact) mass is 902 g/mol. The number of sulfonamides is 1. The summed E-state index contributed by atoms with van der Waals surface area (Å²) in [7, 11) is -3.90. The summed E-state index contributed by atoms with van der Waals surface area (Å²) in [5, 5.41) is 1.80. The van der Waals surface area contributed by atoms with Crippen molar-refractivity contribution < 1.29 is 12.8 Å². The summed E-state index contributed by atoms with van der Waals surface area (Å²) in [6.07, 6.45) is 4.06. The summed E-state index contributed by atoms with van der Waals surface area (Å²) in [5.74, 6) is 2.26. The number of aryl methyl sites for hydroxylation is 2. The minimum absolute atomic E-state index is 0.254. The Morgan fingerprint density at radius 2 is 1.36 bits per heavy atom. The fourth-order valence-corrected chi connectivity index (χ4v) is 11.4. The van der Waals surface area contributed by atoms with E-state index in [0.717, 1.165) is 75.7 Å². The molecule has 1 aliphatic carbocycles. The second-order valence-electron chi connectivity index (χ2n) is 16.2. The maximum Gasteiger partial charge on any atom is 0.241 e. The second kappa shape index (κ2) is 20.9. The van der Waals surface area contributed by atoms with E-state index >= 15 is 0 Å². The Bertz CT molecular complexity index is 2990. The Kier molecular flexibility index (Phi) is 14.7. The van der Waals surface area contributed by atoms with E-state index in [1.807, 2.05) is 30.3 Å². The Morgan fingerprint density at radius 3 is 2.08 bits per heavy atom. The maximum absolute atomic E-state index is 14.5. The fourth-order valence-electron chi connectivity index (χ4n) is 8.26. The number of hydrogen-bond acceptors (Lipinski definition) is 6. The molecule has 0 spiro atoms. The second-order valence-corrected chi connectivity index (χ2v) is 20.0. The molecule has 0 saturated heterocycles. The first kappa shape index (κ1) is 45.0. The molecule has 0 aromatic heterocycles. The molecule has 1 aliphatic heterocycles. The van der Waals surface area contributed by atoms with Crippen LogP contribution >= 0.6 is 23.5 Å². The van der Waals surface area contributed by atoms with Crippen molar-refractivity contribution in [2.24, 2.45) is 5.92 Å². The van der Waals surface area contributed by atoms with Gasteiger partial charge < -0.3 is 9.32 Å². The summed E-state index contributed by atoms with van der Waals surface area (Å²) in [6.45, 7) is 8.99. The van der Waals surface area contributed by atoms with E-state index in [0.29, 0.717) is 35.2 Å². The predicted octanol–water partition coefficient (Wildman–Crippen LogP) is 14.1. The molecular formula is C55H56N3O3S3+. The number of nitrogens with one attached hydrogen (secondary N) is 1. The molecule has 0 saturated carbocycles. The highest BCUT2D eigenvalue weighted by Gasteiger charge is 2.27. The van der Waals surface area contributed by atoms with Gasteiger partial charge in [-0.05, 0) is 86.3 Å². The number of fused-ring (bicyclic) bond motifs is 2. The maximum atomic E-state index is 14.5. The number of benzene rings is 7. The number of anilines is 2. The van der Waals surface area contributed by atoms with E-state index in [-0.39, 0.29) is 10.8 Å². The minimum Gasteiger partial charge on any atom is -0.456 e. The van der Waals surface area contributed by atoms with Crippen LogP contribution in [-0.4, -0.2) is 26.7 Å². The van der Waals surface area contributed by atoms with Gasteiger partial charge >= 0.3 is 0 Å². The number of rotatable bonds is 18. The molecule has 1 atom stereocenters. The highest BCUT2D eigenvalue weighted by Crippen LogP contribution is 2.44. The third kappa shape index (κ3) is 10.3. The van der Waals surface area contributed by atoms with Gasteiger partial charge in [0.1, 0.15) is 11.3 Å². The van der Waals surface area contributed by atoms with E-state index in [1.165, 1.54) is 9.79 Å². The fraction of sp³-hybridized carbons (Fsp3) is 0.218. The van der Waals surface area contributed by atoms with Gasteiger partial charge in [-0.3, -0.25) is 0 Å². The van der Waals surface area contributed by atoms with Crippen molar-refractivity contribution in [3.8, 4) is 22.5 Å². The zero-order valence-corrected chi connectivity index (χ0v) is 39.5. The van der Waals surface area contributed by atoms with Crippen molar-refractivity contribution in [1.82, 2.24) is 9.30 Å². The smallest absolute Gasteiger partial charge is 0.241 e. The van der Waals surface area contributed by atoms with E-state index in [9.17, 15) is 8.42 Å². The molecule has 1 unspecified atom stereocenters. The summed E-state index contributed by atoms with van der Waals surface area (Å²) >= 11 is 3.55. The normalized spacial score (nSPS) is 12.7. The van der Waals surface area contributed by atoms with Gasteiger partial charge in [0.05, 0.1) is 16.8 Å². The van der Waals surface area contributed by atoms with E-state index in [2.05, 4.69) is 175 Å². The van der Waals surface area contributed by atoms with Crippen LogP contribution in [0.5, 0.6) is 0 Å². The van der Waals surface area contributed by atoms with E-state index in [1.54, 1.807) is 29.6 Å². The Balaban J connectivity index is 1.34. The van der Waals surface area contributed by atoms with Gasteiger partial charge in [-0.15, -0.1) is 11.8 Å². The lowest BCUT2D eigenvalue weighted by atomic mass is 9.93. The first-order valence-electron chi connectivity index (χ1n) is 22.2. The standard InChI is InChI=1S/C55H56N3O3S3/c1-5-7-22-42(6-2)37-56-64(59,60)54-30-19-16-27-49(54)55-47-33-31-43(57(50-28-17-14-20-40(50)3)38-62-45-23-10-8-11-24-45)35-52(47)61-53-36-44(32-34-48(53)55)58(51-29-18-15-21-41(51)4)39-63-46-25-12-9-13-26-46/h8-21,23-36,42,56H,5-7,22,37-39H2,1-4H3/q+1. The van der Waals surface area contributed by atoms with Crippen LogP contribution in [0.1, 0.15) is 50.7 Å². The highest BCUT2D eigenvalue weighted by atomic mass is 32.2. The molecule has 64 heavy (non-hydrogen) atoms. The summed E-state index contributed by atoms with van der Waals surface area (Å²) < 4.78 is 41.4. The molecule has 8 rings (SSSR count). The molecule has 0 bridgehead atoms. The van der Waals surface area contributed by atoms with Gasteiger partial charge in [0.25, 0.3) is 0 Å². The lowest BCUT2D eigenvalue weighted by molar-refractivity contribution is 0.444. The van der Waals surface area contributed by atoms with E-state index in [4.69, 9.17) is 4.42 Å². The van der Waals surface area contributed by atoms with E-state index < -0.39 is 10.0 Å². The van der Waals surface area contributed by atoms with Gasteiger partial charge in [-0.1, -0.05) is 136 Å². The Labute approximate surface area is 387 Å². The quantitative estimate of drug-likeness (QED) is 0.0400. The number of hydrogen-bond donors (Lipinski definition) is 1. The van der Waals surface area contributed by atoms with Crippen LogP contribution in [0.4, 0.5) is 17.1 Å². The molecule has 6 nitrogen and oxygen atoms in total. The zero-order valence-electron chi connectivity index (χ0n) is 37.0. The molecule has 2 aliphatic rings. The first-order valence-corrected chi connectivity index (χ1v) is 25.6. The van der Waals surface area contributed by atoms with Gasteiger partial charge in [0, 0.05) is 73.5 Å². The number of unbranched alkanes of at least 4 members (excludes halogenated alkanes) is 1. The molecule has 1 heterocycles. The molecular weight excluding hydrogens is 847 g/mol. The lowest BCUT2D eigenvalue weighted by Crippen LogP contribution is -2.29. The van der Waals surface area contributed by atoms with Crippen molar-refractivity contribution >= 4 is 61.6 Å². The van der Waals surface area contributed by atoms with Crippen LogP contribution in [-0.2, 0) is 10.0 Å². The third-order valence-corrected chi connectivity index (χ3v) is 15.4. The molecule has 6 aromatic carbocycles. The molecule has 0 radical (unpaired) electrons. The third-order valence-electron chi connectivity index (χ3n) is 11.9. The topological polar surface area (TPSA) is 65.6 Å². The van der Waals surface area contributed by atoms with Crippen molar-refractivity contribution in [3.05, 3.63) is 186 Å². The summed E-state index contributed by atoms with van der Waals surface area (Å²) in [6, 6.07) is 57.9. The molecule has 326 valence electrons. The molecule has 6 aromatic rings. The number of nitrogens with zero attached hydrogens (tertiary/aromatic N) is 2. The van der Waals surface area contributed by atoms with Crippen molar-refractivity contribution in [2.75, 3.05) is 23.2 Å². The lowest BCUT2D eigenvalue weighted by Gasteiger charge is -2.27. The SMILES string of the molecule is CCCCC(CC)CNS(=O)(=O)c1ccccc1-c1c2cc/c(=[N+](/CSc3ccccc3)c3ccccc3C)cc-2oc2cc(N(CSc3ccccc3)c3ccccc3C)ccc12. The predicted molar refractivity (Wildman–Crippen MR) is 271 cm³/mol. The van der Waals surface area contributed by atoms with Gasteiger partial charge in [-0.2, -0.15) is 4.58 Å². The summed E-state index contributed by atoms with van der Waals surface area (Å²) in [5.41, 5.74) is 8.43. The number of para-hydroxylation sites is 2. The molecule has 9 heteroatoms. The van der Waals surface area contributed by atoms with Crippen LogP contribution < -0.4 is 19.6 Å². The minimum atomic E-state index is -3.90. The largest absolute Gasteiger partial charge is 0.456 e. The Hall–Kier alpha value is -5.58. The van der Waals surface area contributed by atoms with Gasteiger partial charge in [0.15, 0.2) is 5.88 Å². The van der Waals surface area contributed by atoms with Crippen molar-refractivity contribution in [2.45, 2.75) is 68.1 Å². The molecule has 1 N–H and O–H groups in total. The first-order chi connectivity index (χ1) is 31.2. The van der Waals surface area contributed by atoms with Crippen LogP contribution in [0.15, 0.2) is 189 Å². The number of thioether (sulfide) groups is 2. The van der Waals surface area contributed by atoms with Crippen molar-refractivity contribution in [3.63, 3.8) is 0 Å². The van der Waals surface area contributed by atoms with Crippen LogP contribution in [0.3, 0.4) is 0 Å².